The van der Waals surface area contributed by atoms with Crippen LogP contribution in [0.15, 0.2) is 24.3 Å². The summed E-state index contributed by atoms with van der Waals surface area (Å²) in [4.78, 5) is 2.30. The zero-order valence-corrected chi connectivity index (χ0v) is 11.3. The van der Waals surface area contributed by atoms with Crippen molar-refractivity contribution in [1.29, 1.82) is 0 Å². The lowest BCUT2D eigenvalue weighted by Crippen LogP contribution is -2.36. The first-order valence-electron chi connectivity index (χ1n) is 6.71. The molecule has 2 aromatic rings. The van der Waals surface area contributed by atoms with E-state index in [9.17, 15) is 0 Å². The van der Waals surface area contributed by atoms with E-state index in [4.69, 9.17) is 10.5 Å². The summed E-state index contributed by atoms with van der Waals surface area (Å²) in [6.45, 7) is 4.82. The van der Waals surface area contributed by atoms with Gasteiger partial charge in [-0.3, -0.25) is 4.90 Å². The summed E-state index contributed by atoms with van der Waals surface area (Å²) in [5.41, 5.74) is 7.58. The molecule has 106 valence electrons. The molecule has 0 radical (unpaired) electrons. The molecule has 1 aromatic carbocycles. The van der Waals surface area contributed by atoms with Gasteiger partial charge in [0.1, 0.15) is 0 Å². The first kappa shape index (κ1) is 13.0. The summed E-state index contributed by atoms with van der Waals surface area (Å²) in [6, 6.07) is 7.77. The van der Waals surface area contributed by atoms with Crippen LogP contribution in [-0.2, 0) is 17.8 Å². The average molecular weight is 274 g/mol. The maximum Gasteiger partial charge on any atom is 0.165 e. The van der Waals surface area contributed by atoms with Crippen molar-refractivity contribution < 1.29 is 4.74 Å². The number of rotatable bonds is 4. The number of hydrogen-bond acceptors (Lipinski definition) is 6. The standard InChI is InChI=1S/C13H18N6O/c14-12-3-1-11(2-4-12)9-19-13(15-16-17-19)10-18-5-7-20-8-6-18/h1-4H,5-10,14H2. The van der Waals surface area contributed by atoms with E-state index in [1.807, 2.05) is 28.9 Å². The molecule has 7 nitrogen and oxygen atoms in total. The Kier molecular flexibility index (Phi) is 3.89. The molecule has 0 saturated carbocycles. The maximum atomic E-state index is 5.69. The second-order valence-electron chi connectivity index (χ2n) is 4.88. The Morgan fingerprint density at radius 2 is 1.85 bits per heavy atom. The molecule has 0 amide bonds. The molecule has 1 saturated heterocycles. The highest BCUT2D eigenvalue weighted by Crippen LogP contribution is 2.09. The summed E-state index contributed by atoms with van der Waals surface area (Å²) >= 11 is 0. The topological polar surface area (TPSA) is 82.1 Å². The van der Waals surface area contributed by atoms with Crippen molar-refractivity contribution in [1.82, 2.24) is 25.1 Å². The number of ether oxygens (including phenoxy) is 1. The Balaban J connectivity index is 1.68. The van der Waals surface area contributed by atoms with E-state index in [0.717, 1.165) is 49.9 Å². The number of nitrogen functional groups attached to an aromatic ring is 1. The minimum atomic E-state index is 0.660. The number of hydrogen-bond donors (Lipinski definition) is 1. The summed E-state index contributed by atoms with van der Waals surface area (Å²) in [7, 11) is 0. The summed E-state index contributed by atoms with van der Waals surface area (Å²) < 4.78 is 7.18. The molecular formula is C13H18N6O. The number of tetrazole rings is 1. The third-order valence-electron chi connectivity index (χ3n) is 3.39. The lowest BCUT2D eigenvalue weighted by molar-refractivity contribution is 0.0325. The quantitative estimate of drug-likeness (QED) is 0.798. The van der Waals surface area contributed by atoms with Gasteiger partial charge in [0.15, 0.2) is 5.82 Å². The van der Waals surface area contributed by atoms with Crippen LogP contribution in [0.5, 0.6) is 0 Å². The van der Waals surface area contributed by atoms with E-state index in [2.05, 4.69) is 20.4 Å². The second kappa shape index (κ2) is 5.98. The van der Waals surface area contributed by atoms with E-state index < -0.39 is 0 Å². The minimum Gasteiger partial charge on any atom is -0.399 e. The van der Waals surface area contributed by atoms with Crippen LogP contribution in [0.1, 0.15) is 11.4 Å². The Hall–Kier alpha value is -1.99. The SMILES string of the molecule is Nc1ccc(Cn2nnnc2CN2CCOCC2)cc1. The Morgan fingerprint density at radius 1 is 1.10 bits per heavy atom. The van der Waals surface area contributed by atoms with Crippen LogP contribution in [0.3, 0.4) is 0 Å². The molecule has 2 heterocycles. The maximum absolute atomic E-state index is 5.69. The third-order valence-corrected chi connectivity index (χ3v) is 3.39. The van der Waals surface area contributed by atoms with Crippen molar-refractivity contribution in [3.05, 3.63) is 35.7 Å². The van der Waals surface area contributed by atoms with Crippen molar-refractivity contribution in [3.8, 4) is 0 Å². The highest BCUT2D eigenvalue weighted by molar-refractivity contribution is 5.39. The lowest BCUT2D eigenvalue weighted by atomic mass is 10.2. The van der Waals surface area contributed by atoms with E-state index in [1.165, 1.54) is 0 Å². The fourth-order valence-electron chi connectivity index (χ4n) is 2.21. The predicted octanol–water partition coefficient (Wildman–Crippen LogP) is 0.136. The lowest BCUT2D eigenvalue weighted by Gasteiger charge is -2.25. The van der Waals surface area contributed by atoms with Crippen molar-refractivity contribution in [2.75, 3.05) is 32.0 Å². The monoisotopic (exact) mass is 274 g/mol. The van der Waals surface area contributed by atoms with Gasteiger partial charge in [-0.05, 0) is 28.1 Å². The van der Waals surface area contributed by atoms with Gasteiger partial charge in [-0.15, -0.1) is 5.10 Å². The zero-order chi connectivity index (χ0) is 13.8. The van der Waals surface area contributed by atoms with E-state index in [-0.39, 0.29) is 0 Å². The normalized spacial score (nSPS) is 16.4. The molecule has 20 heavy (non-hydrogen) atoms. The van der Waals surface area contributed by atoms with Gasteiger partial charge in [-0.2, -0.15) is 0 Å². The summed E-state index contributed by atoms with van der Waals surface area (Å²) in [5.74, 6) is 0.878. The van der Waals surface area contributed by atoms with E-state index in [1.54, 1.807) is 0 Å². The molecule has 0 unspecified atom stereocenters. The summed E-state index contributed by atoms with van der Waals surface area (Å²) in [6.07, 6.45) is 0. The fourth-order valence-corrected chi connectivity index (χ4v) is 2.21. The van der Waals surface area contributed by atoms with Gasteiger partial charge in [0.25, 0.3) is 0 Å². The number of anilines is 1. The number of nitrogens with zero attached hydrogens (tertiary/aromatic N) is 5. The van der Waals surface area contributed by atoms with Crippen molar-refractivity contribution in [2.45, 2.75) is 13.1 Å². The van der Waals surface area contributed by atoms with Gasteiger partial charge in [0, 0.05) is 18.8 Å². The largest absolute Gasteiger partial charge is 0.399 e. The Morgan fingerprint density at radius 3 is 2.60 bits per heavy atom. The smallest absolute Gasteiger partial charge is 0.165 e. The molecule has 1 aromatic heterocycles. The van der Waals surface area contributed by atoms with E-state index in [0.29, 0.717) is 6.54 Å². The van der Waals surface area contributed by atoms with Crippen LogP contribution in [0, 0.1) is 0 Å². The first-order valence-corrected chi connectivity index (χ1v) is 6.71. The molecule has 1 aliphatic rings. The van der Waals surface area contributed by atoms with Crippen LogP contribution in [-0.4, -0.2) is 51.4 Å². The Bertz CT molecular complexity index is 546. The molecule has 7 heteroatoms. The zero-order valence-electron chi connectivity index (χ0n) is 11.3. The van der Waals surface area contributed by atoms with Crippen molar-refractivity contribution in [2.24, 2.45) is 0 Å². The van der Waals surface area contributed by atoms with Crippen LogP contribution in [0.4, 0.5) is 5.69 Å². The molecule has 0 atom stereocenters. The van der Waals surface area contributed by atoms with Gasteiger partial charge < -0.3 is 10.5 Å². The predicted molar refractivity (Wildman–Crippen MR) is 73.9 cm³/mol. The van der Waals surface area contributed by atoms with Crippen LogP contribution >= 0.6 is 0 Å². The Labute approximate surface area is 117 Å². The molecule has 0 spiro atoms. The van der Waals surface area contributed by atoms with Gasteiger partial charge in [-0.25, -0.2) is 4.68 Å². The van der Waals surface area contributed by atoms with Gasteiger partial charge in [0.05, 0.1) is 26.3 Å². The highest BCUT2D eigenvalue weighted by Gasteiger charge is 2.15. The number of aromatic nitrogens is 4. The van der Waals surface area contributed by atoms with Gasteiger partial charge in [-0.1, -0.05) is 12.1 Å². The summed E-state index contributed by atoms with van der Waals surface area (Å²) in [5, 5.41) is 12.0. The van der Waals surface area contributed by atoms with Gasteiger partial charge >= 0.3 is 0 Å². The molecular weight excluding hydrogens is 256 g/mol. The van der Waals surface area contributed by atoms with E-state index >= 15 is 0 Å². The van der Waals surface area contributed by atoms with Crippen LogP contribution < -0.4 is 5.73 Å². The van der Waals surface area contributed by atoms with Crippen LogP contribution in [0.25, 0.3) is 0 Å². The fraction of sp³-hybridized carbons (Fsp3) is 0.462. The van der Waals surface area contributed by atoms with Crippen molar-refractivity contribution in [3.63, 3.8) is 0 Å². The molecule has 0 aliphatic carbocycles. The van der Waals surface area contributed by atoms with Crippen molar-refractivity contribution >= 4 is 5.69 Å². The van der Waals surface area contributed by atoms with Crippen LogP contribution in [0.2, 0.25) is 0 Å². The number of benzene rings is 1. The molecule has 2 N–H and O–H groups in total. The average Bonchev–Trinajstić information content (AvgIpc) is 2.90. The molecule has 1 aliphatic heterocycles. The number of nitrogens with two attached hydrogens (primary N) is 1. The molecule has 3 rings (SSSR count). The highest BCUT2D eigenvalue weighted by atomic mass is 16.5. The minimum absolute atomic E-state index is 0.660. The second-order valence-corrected chi connectivity index (χ2v) is 4.88. The van der Waals surface area contributed by atoms with Gasteiger partial charge in [0.2, 0.25) is 0 Å². The third kappa shape index (κ3) is 3.12. The first-order chi connectivity index (χ1) is 9.81. The molecule has 1 fully saturated rings. The number of morpholine rings is 1. The molecule has 0 bridgehead atoms.